The molecule has 0 bridgehead atoms. The van der Waals surface area contributed by atoms with E-state index in [0.717, 1.165) is 39.2 Å². The van der Waals surface area contributed by atoms with Gasteiger partial charge < -0.3 is 20.9 Å². The molecule has 0 aliphatic carbocycles. The van der Waals surface area contributed by atoms with E-state index in [-0.39, 0.29) is 11.8 Å². The number of fused-ring (bicyclic) bond motifs is 1. The predicted molar refractivity (Wildman–Crippen MR) is 153 cm³/mol. The molecule has 3 aromatic carbocycles. The molecule has 6 rings (SSSR count). The number of carbonyl (C=O) groups is 2. The quantitative estimate of drug-likeness (QED) is 0.232. The van der Waals surface area contributed by atoms with Crippen LogP contribution in [0, 0.1) is 0 Å². The molecule has 41 heavy (non-hydrogen) atoms. The summed E-state index contributed by atoms with van der Waals surface area (Å²) in [5.41, 5.74) is 12.6. The van der Waals surface area contributed by atoms with Gasteiger partial charge in [0.15, 0.2) is 0 Å². The van der Waals surface area contributed by atoms with Gasteiger partial charge in [-0.25, -0.2) is 4.98 Å². The lowest BCUT2D eigenvalue weighted by Crippen LogP contribution is -2.52. The van der Waals surface area contributed by atoms with Gasteiger partial charge in [0.2, 0.25) is 17.6 Å². The van der Waals surface area contributed by atoms with E-state index in [1.807, 2.05) is 72.8 Å². The van der Waals surface area contributed by atoms with Crippen LogP contribution in [0.2, 0.25) is 0 Å². The summed E-state index contributed by atoms with van der Waals surface area (Å²) in [4.78, 5) is 35.5. The summed E-state index contributed by atoms with van der Waals surface area (Å²) in [5.74, 6) is -0.00846. The largest absolute Gasteiger partial charge is 0.348 e. The number of nitrogens with two attached hydrogens (primary N) is 1. The van der Waals surface area contributed by atoms with Crippen LogP contribution in [0.25, 0.3) is 22.5 Å². The fourth-order valence-corrected chi connectivity index (χ4v) is 5.20. The summed E-state index contributed by atoms with van der Waals surface area (Å²) in [6, 6.07) is 22.3. The molecule has 2 atom stereocenters. The molecule has 2 aromatic heterocycles. The second-order valence-electron chi connectivity index (χ2n) is 10.0. The highest BCUT2D eigenvalue weighted by molar-refractivity contribution is 6.01. The van der Waals surface area contributed by atoms with Crippen LogP contribution in [0.1, 0.15) is 23.2 Å². The van der Waals surface area contributed by atoms with Gasteiger partial charge in [0.25, 0.3) is 0 Å². The smallest absolute Gasteiger partial charge is 0.249 e. The number of rotatable bonds is 8. The Kier molecular flexibility index (Phi) is 7.33. The number of H-pyrrole nitrogens is 2. The maximum Gasteiger partial charge on any atom is 0.249 e. The summed E-state index contributed by atoms with van der Waals surface area (Å²) >= 11 is 0. The number of tetrazole rings is 1. The third-order valence-corrected chi connectivity index (χ3v) is 7.32. The molecule has 0 spiro atoms. The zero-order chi connectivity index (χ0) is 28.2. The van der Waals surface area contributed by atoms with E-state index in [1.165, 1.54) is 0 Å². The number of benzene rings is 3. The number of aryl methyl sites for hydroxylation is 1. The second kappa shape index (κ2) is 11.5. The normalized spacial score (nSPS) is 15.7. The summed E-state index contributed by atoms with van der Waals surface area (Å²) < 4.78 is 0. The SMILES string of the molecule is N[C@H](Cc1cnc[nH]1)C(=O)N[C@@H]1CCc2ccccc2N(Cc2ccc(-c3ccccc3-c3nn[nH]n3)cc2)C1=O. The Labute approximate surface area is 236 Å². The molecule has 5 aromatic rings. The van der Waals surface area contributed by atoms with Gasteiger partial charge in [0, 0.05) is 29.6 Å². The number of hydrogen-bond donors (Lipinski definition) is 4. The van der Waals surface area contributed by atoms with Crippen molar-refractivity contribution in [1.29, 1.82) is 0 Å². The van der Waals surface area contributed by atoms with Crippen molar-refractivity contribution >= 4 is 17.5 Å². The van der Waals surface area contributed by atoms with Crippen molar-refractivity contribution in [1.82, 2.24) is 35.9 Å². The molecule has 11 heteroatoms. The lowest BCUT2D eigenvalue weighted by molar-refractivity contribution is -0.128. The minimum Gasteiger partial charge on any atom is -0.348 e. The summed E-state index contributed by atoms with van der Waals surface area (Å²) in [5, 5.41) is 17.4. The van der Waals surface area contributed by atoms with Crippen molar-refractivity contribution in [2.24, 2.45) is 5.73 Å². The van der Waals surface area contributed by atoms with E-state index >= 15 is 0 Å². The molecule has 1 aliphatic heterocycles. The Hall–Kier alpha value is -5.16. The Morgan fingerprint density at radius 1 is 1.05 bits per heavy atom. The maximum absolute atomic E-state index is 13.9. The van der Waals surface area contributed by atoms with Crippen molar-refractivity contribution < 1.29 is 9.59 Å². The number of aromatic amines is 2. The molecule has 3 heterocycles. The summed E-state index contributed by atoms with van der Waals surface area (Å²) in [6.45, 7) is 0.356. The number of nitrogens with one attached hydrogen (secondary N) is 3. The zero-order valence-corrected chi connectivity index (χ0v) is 22.2. The molecule has 206 valence electrons. The number of carbonyl (C=O) groups excluding carboxylic acids is 2. The van der Waals surface area contributed by atoms with Crippen molar-refractivity contribution in [3.8, 4) is 22.5 Å². The van der Waals surface area contributed by atoms with Crippen LogP contribution in [0.5, 0.6) is 0 Å². The second-order valence-corrected chi connectivity index (χ2v) is 10.0. The predicted octanol–water partition coefficient (Wildman–Crippen LogP) is 2.79. The lowest BCUT2D eigenvalue weighted by atomic mass is 9.98. The Morgan fingerprint density at radius 2 is 1.83 bits per heavy atom. The maximum atomic E-state index is 13.9. The highest BCUT2D eigenvalue weighted by Gasteiger charge is 2.32. The fraction of sp³-hybridized carbons (Fsp3) is 0.200. The Morgan fingerprint density at radius 3 is 2.59 bits per heavy atom. The topological polar surface area (TPSA) is 159 Å². The van der Waals surface area contributed by atoms with E-state index in [0.29, 0.717) is 31.6 Å². The molecule has 0 saturated carbocycles. The van der Waals surface area contributed by atoms with Crippen LogP contribution in [0.3, 0.4) is 0 Å². The fourth-order valence-electron chi connectivity index (χ4n) is 5.20. The lowest BCUT2D eigenvalue weighted by Gasteiger charge is -2.27. The standard InChI is InChI=1S/C30H29N9O2/c31-25(15-22-16-32-18-33-22)29(40)34-26-14-13-21-5-1-4-8-27(21)39(30(26)41)17-19-9-11-20(12-10-19)23-6-2-3-7-24(23)28-35-37-38-36-28/h1-12,16,18,25-26H,13-15,17,31H2,(H,32,33)(H,34,40)(H,35,36,37,38)/t25-,26-/m1/s1. The van der Waals surface area contributed by atoms with Crippen LogP contribution in [0.15, 0.2) is 85.3 Å². The summed E-state index contributed by atoms with van der Waals surface area (Å²) in [7, 11) is 0. The molecule has 5 N–H and O–H groups in total. The average molecular weight is 548 g/mol. The van der Waals surface area contributed by atoms with Gasteiger partial charge in [0.05, 0.1) is 18.9 Å². The number of para-hydroxylation sites is 1. The highest BCUT2D eigenvalue weighted by atomic mass is 16.2. The van der Waals surface area contributed by atoms with Crippen LogP contribution in [-0.2, 0) is 29.0 Å². The molecule has 0 fully saturated rings. The Balaban J connectivity index is 1.22. The molecule has 11 nitrogen and oxygen atoms in total. The van der Waals surface area contributed by atoms with E-state index < -0.39 is 12.1 Å². The van der Waals surface area contributed by atoms with E-state index in [9.17, 15) is 9.59 Å². The number of hydrogen-bond acceptors (Lipinski definition) is 7. The minimum atomic E-state index is -0.801. The average Bonchev–Trinajstić information content (AvgIpc) is 3.71. The molecule has 0 unspecified atom stereocenters. The number of anilines is 1. The first-order chi connectivity index (χ1) is 20.1. The van der Waals surface area contributed by atoms with Gasteiger partial charge in [-0.05, 0) is 46.4 Å². The molecular formula is C30H29N9O2. The number of aromatic nitrogens is 6. The van der Waals surface area contributed by atoms with Crippen LogP contribution < -0.4 is 16.0 Å². The van der Waals surface area contributed by atoms with Crippen LogP contribution >= 0.6 is 0 Å². The summed E-state index contributed by atoms with van der Waals surface area (Å²) in [6.07, 6.45) is 4.63. The third kappa shape index (κ3) is 5.61. The van der Waals surface area contributed by atoms with Gasteiger partial charge in [0.1, 0.15) is 6.04 Å². The number of nitrogens with zero attached hydrogens (tertiary/aromatic N) is 5. The van der Waals surface area contributed by atoms with Crippen molar-refractivity contribution in [3.63, 3.8) is 0 Å². The molecule has 0 radical (unpaired) electrons. The van der Waals surface area contributed by atoms with Gasteiger partial charge >= 0.3 is 0 Å². The van der Waals surface area contributed by atoms with Crippen molar-refractivity contribution in [3.05, 3.63) is 102 Å². The number of imidazole rings is 1. The van der Waals surface area contributed by atoms with E-state index in [4.69, 9.17) is 5.73 Å². The Bertz CT molecular complexity index is 1630. The molecule has 1 aliphatic rings. The van der Waals surface area contributed by atoms with E-state index in [1.54, 1.807) is 17.4 Å². The first-order valence-corrected chi connectivity index (χ1v) is 13.4. The zero-order valence-electron chi connectivity index (χ0n) is 22.2. The van der Waals surface area contributed by atoms with Crippen LogP contribution in [-0.4, -0.2) is 54.5 Å². The number of amides is 2. The molecule has 2 amide bonds. The van der Waals surface area contributed by atoms with Crippen molar-refractivity contribution in [2.75, 3.05) is 4.90 Å². The van der Waals surface area contributed by atoms with Crippen LogP contribution in [0.4, 0.5) is 5.69 Å². The highest BCUT2D eigenvalue weighted by Crippen LogP contribution is 2.32. The van der Waals surface area contributed by atoms with E-state index in [2.05, 4.69) is 35.9 Å². The third-order valence-electron chi connectivity index (χ3n) is 7.32. The molecule has 0 saturated heterocycles. The van der Waals surface area contributed by atoms with Gasteiger partial charge in [-0.2, -0.15) is 5.21 Å². The first-order valence-electron chi connectivity index (χ1n) is 13.4. The first kappa shape index (κ1) is 26.1. The molecular weight excluding hydrogens is 518 g/mol. The minimum absolute atomic E-state index is 0.163. The van der Waals surface area contributed by atoms with Gasteiger partial charge in [-0.1, -0.05) is 66.7 Å². The monoisotopic (exact) mass is 547 g/mol. The van der Waals surface area contributed by atoms with Gasteiger partial charge in [-0.15, -0.1) is 10.2 Å². The van der Waals surface area contributed by atoms with Gasteiger partial charge in [-0.3, -0.25) is 9.59 Å². The van der Waals surface area contributed by atoms with Crippen molar-refractivity contribution in [2.45, 2.75) is 37.9 Å².